The first kappa shape index (κ1) is 18.2. The summed E-state index contributed by atoms with van der Waals surface area (Å²) in [6, 6.07) is 11.4. The van der Waals surface area contributed by atoms with Crippen LogP contribution < -0.4 is 10.9 Å². The fraction of sp³-hybridized carbons (Fsp3) is 0.167. The highest BCUT2D eigenvalue weighted by molar-refractivity contribution is 6.35. The average Bonchev–Trinajstić information content (AvgIpc) is 3.14. The molecule has 8 heteroatoms. The summed E-state index contributed by atoms with van der Waals surface area (Å²) in [5, 5.41) is 7.86. The van der Waals surface area contributed by atoms with Gasteiger partial charge in [-0.15, -0.1) is 0 Å². The highest BCUT2D eigenvalue weighted by Gasteiger charge is 2.09. The molecule has 26 heavy (non-hydrogen) atoms. The Balaban J connectivity index is 1.59. The molecule has 0 spiro atoms. The highest BCUT2D eigenvalue weighted by Crippen LogP contribution is 2.25. The minimum atomic E-state index is -0.237. The molecule has 134 valence electrons. The van der Waals surface area contributed by atoms with Crippen LogP contribution >= 0.6 is 23.2 Å². The van der Waals surface area contributed by atoms with Crippen LogP contribution in [0.1, 0.15) is 12.8 Å². The predicted molar refractivity (Wildman–Crippen MR) is 101 cm³/mol. The maximum Gasteiger partial charge on any atom is 0.266 e. The molecule has 0 saturated carbocycles. The van der Waals surface area contributed by atoms with E-state index in [4.69, 9.17) is 27.6 Å². The molecule has 6 nitrogen and oxygen atoms in total. The molecule has 0 aliphatic carbocycles. The summed E-state index contributed by atoms with van der Waals surface area (Å²) in [6.07, 6.45) is 2.19. The van der Waals surface area contributed by atoms with Crippen molar-refractivity contribution in [2.24, 2.45) is 0 Å². The summed E-state index contributed by atoms with van der Waals surface area (Å²) in [4.78, 5) is 24.0. The van der Waals surface area contributed by atoms with Gasteiger partial charge in [-0.05, 0) is 42.8 Å². The Hall–Kier alpha value is -2.57. The van der Waals surface area contributed by atoms with E-state index in [2.05, 4.69) is 10.4 Å². The molecule has 3 aromatic rings. The molecule has 1 N–H and O–H groups in total. The van der Waals surface area contributed by atoms with Crippen molar-refractivity contribution in [2.75, 3.05) is 5.32 Å². The third-order valence-corrected chi connectivity index (χ3v) is 4.18. The van der Waals surface area contributed by atoms with Crippen molar-refractivity contribution in [2.45, 2.75) is 19.4 Å². The second kappa shape index (κ2) is 8.21. The van der Waals surface area contributed by atoms with Crippen LogP contribution in [0.25, 0.3) is 11.5 Å². The van der Waals surface area contributed by atoms with E-state index in [-0.39, 0.29) is 17.9 Å². The van der Waals surface area contributed by atoms with Gasteiger partial charge in [-0.1, -0.05) is 23.2 Å². The molecule has 0 bridgehead atoms. The minimum absolute atomic E-state index is 0.210. The van der Waals surface area contributed by atoms with Gasteiger partial charge in [-0.2, -0.15) is 5.10 Å². The number of hydrogen-bond acceptors (Lipinski definition) is 4. The second-order valence-electron chi connectivity index (χ2n) is 5.53. The lowest BCUT2D eigenvalue weighted by atomic mass is 10.2. The van der Waals surface area contributed by atoms with Crippen LogP contribution in [0.3, 0.4) is 0 Å². The zero-order chi connectivity index (χ0) is 18.5. The summed E-state index contributed by atoms with van der Waals surface area (Å²) in [5.74, 6) is 0.358. The largest absolute Gasteiger partial charge is 0.463 e. The van der Waals surface area contributed by atoms with E-state index in [1.165, 1.54) is 17.0 Å². The van der Waals surface area contributed by atoms with Gasteiger partial charge in [-0.3, -0.25) is 9.59 Å². The van der Waals surface area contributed by atoms with Crippen molar-refractivity contribution >= 4 is 34.8 Å². The van der Waals surface area contributed by atoms with E-state index in [0.29, 0.717) is 40.2 Å². The zero-order valence-electron chi connectivity index (χ0n) is 13.6. The third kappa shape index (κ3) is 4.53. The maximum absolute atomic E-state index is 12.1. The molecule has 0 radical (unpaired) electrons. The fourth-order valence-corrected chi connectivity index (χ4v) is 2.70. The normalized spacial score (nSPS) is 10.7. The number of benzene rings is 1. The van der Waals surface area contributed by atoms with Crippen molar-refractivity contribution in [1.29, 1.82) is 0 Å². The molecule has 0 saturated heterocycles. The SMILES string of the molecule is O=C(CCCn1nc(-c2ccco2)ccc1=O)Nc1cc(Cl)ccc1Cl. The summed E-state index contributed by atoms with van der Waals surface area (Å²) < 4.78 is 6.60. The number of anilines is 1. The Labute approximate surface area is 159 Å². The summed E-state index contributed by atoms with van der Waals surface area (Å²) in [5.41, 5.74) is 0.780. The number of amides is 1. The van der Waals surface area contributed by atoms with Gasteiger partial charge in [0.1, 0.15) is 5.69 Å². The second-order valence-corrected chi connectivity index (χ2v) is 6.38. The van der Waals surface area contributed by atoms with Gasteiger partial charge in [-0.25, -0.2) is 4.68 Å². The van der Waals surface area contributed by atoms with E-state index >= 15 is 0 Å². The molecule has 0 aliphatic rings. The van der Waals surface area contributed by atoms with Gasteiger partial charge < -0.3 is 9.73 Å². The fourth-order valence-electron chi connectivity index (χ4n) is 2.36. The van der Waals surface area contributed by atoms with Crippen molar-refractivity contribution in [3.05, 3.63) is 69.1 Å². The van der Waals surface area contributed by atoms with Gasteiger partial charge in [0.2, 0.25) is 5.91 Å². The molecule has 0 aliphatic heterocycles. The van der Waals surface area contributed by atoms with E-state index in [0.717, 1.165) is 0 Å². The molecule has 2 heterocycles. The topological polar surface area (TPSA) is 77.1 Å². The highest BCUT2D eigenvalue weighted by atomic mass is 35.5. The predicted octanol–water partition coefficient (Wildman–Crippen LogP) is 4.23. The minimum Gasteiger partial charge on any atom is -0.463 e. The number of hydrogen-bond donors (Lipinski definition) is 1. The Kier molecular flexibility index (Phi) is 5.75. The lowest BCUT2D eigenvalue weighted by Gasteiger charge is -2.08. The number of furan rings is 1. The first-order valence-corrected chi connectivity index (χ1v) is 8.65. The van der Waals surface area contributed by atoms with Crippen LogP contribution in [0, 0.1) is 0 Å². The maximum atomic E-state index is 12.1. The van der Waals surface area contributed by atoms with Crippen molar-refractivity contribution in [3.8, 4) is 11.5 Å². The summed E-state index contributed by atoms with van der Waals surface area (Å²) in [7, 11) is 0. The van der Waals surface area contributed by atoms with Gasteiger partial charge >= 0.3 is 0 Å². The molecule has 0 atom stereocenters. The lowest BCUT2D eigenvalue weighted by Crippen LogP contribution is -2.23. The van der Waals surface area contributed by atoms with Crippen molar-refractivity contribution in [1.82, 2.24) is 9.78 Å². The molecule has 3 rings (SSSR count). The Morgan fingerprint density at radius 2 is 2.04 bits per heavy atom. The molecule has 1 aromatic carbocycles. The van der Waals surface area contributed by atoms with Crippen LogP contribution in [0.2, 0.25) is 10.0 Å². The van der Waals surface area contributed by atoms with Gasteiger partial charge in [0.25, 0.3) is 5.56 Å². The van der Waals surface area contributed by atoms with Crippen LogP contribution in [-0.4, -0.2) is 15.7 Å². The summed E-state index contributed by atoms with van der Waals surface area (Å²) in [6.45, 7) is 0.310. The molecule has 0 unspecified atom stereocenters. The average molecular weight is 392 g/mol. The monoisotopic (exact) mass is 391 g/mol. The molecule has 1 amide bonds. The molecule has 0 fully saturated rings. The molecule has 2 aromatic heterocycles. The standard InChI is InChI=1S/C18H15Cl2N3O3/c19-12-5-6-13(20)15(11-12)21-17(24)4-1-9-23-18(25)8-7-14(22-23)16-3-2-10-26-16/h2-3,5-8,10-11H,1,4,9H2,(H,21,24). The van der Waals surface area contributed by atoms with E-state index in [9.17, 15) is 9.59 Å². The van der Waals surface area contributed by atoms with Crippen LogP contribution in [0.5, 0.6) is 0 Å². The van der Waals surface area contributed by atoms with Crippen LogP contribution in [0.15, 0.2) is 57.9 Å². The van der Waals surface area contributed by atoms with Gasteiger partial charge in [0, 0.05) is 24.1 Å². The number of aromatic nitrogens is 2. The number of aryl methyl sites for hydroxylation is 1. The Bertz CT molecular complexity index is 968. The van der Waals surface area contributed by atoms with Crippen molar-refractivity contribution < 1.29 is 9.21 Å². The van der Waals surface area contributed by atoms with E-state index < -0.39 is 0 Å². The van der Waals surface area contributed by atoms with E-state index in [1.54, 1.807) is 36.4 Å². The number of nitrogens with one attached hydrogen (secondary N) is 1. The lowest BCUT2D eigenvalue weighted by molar-refractivity contribution is -0.116. The van der Waals surface area contributed by atoms with E-state index in [1.807, 2.05) is 0 Å². The van der Waals surface area contributed by atoms with Gasteiger partial charge in [0.05, 0.1) is 17.0 Å². The number of halogens is 2. The number of carbonyl (C=O) groups excluding carboxylic acids is 1. The number of nitrogens with zero attached hydrogens (tertiary/aromatic N) is 2. The first-order chi connectivity index (χ1) is 12.5. The third-order valence-electron chi connectivity index (χ3n) is 3.62. The van der Waals surface area contributed by atoms with Crippen LogP contribution in [-0.2, 0) is 11.3 Å². The number of rotatable bonds is 6. The Morgan fingerprint density at radius 1 is 1.19 bits per heavy atom. The molecular formula is C18H15Cl2N3O3. The smallest absolute Gasteiger partial charge is 0.266 e. The quantitative estimate of drug-likeness (QED) is 0.681. The Morgan fingerprint density at radius 3 is 2.81 bits per heavy atom. The first-order valence-electron chi connectivity index (χ1n) is 7.90. The molecular weight excluding hydrogens is 377 g/mol. The number of carbonyl (C=O) groups is 1. The van der Waals surface area contributed by atoms with Gasteiger partial charge in [0.15, 0.2) is 5.76 Å². The van der Waals surface area contributed by atoms with Crippen molar-refractivity contribution in [3.63, 3.8) is 0 Å². The van der Waals surface area contributed by atoms with Crippen LogP contribution in [0.4, 0.5) is 5.69 Å². The zero-order valence-corrected chi connectivity index (χ0v) is 15.1. The summed E-state index contributed by atoms with van der Waals surface area (Å²) >= 11 is 11.9.